The molecule has 5 atom stereocenters. The molecule has 9 heteroatoms. The first-order chi connectivity index (χ1) is 11.5. The molecule has 0 bridgehead atoms. The van der Waals surface area contributed by atoms with Gasteiger partial charge in [0.2, 0.25) is 0 Å². The lowest BCUT2D eigenvalue weighted by atomic mass is 9.99. The van der Waals surface area contributed by atoms with Crippen LogP contribution in [0.4, 0.5) is 0 Å². The van der Waals surface area contributed by atoms with Crippen molar-refractivity contribution in [3.63, 3.8) is 0 Å². The summed E-state index contributed by atoms with van der Waals surface area (Å²) in [5, 5.41) is 38.1. The van der Waals surface area contributed by atoms with Gasteiger partial charge in [-0.15, -0.1) is 0 Å². The van der Waals surface area contributed by atoms with Crippen LogP contribution in [-0.2, 0) is 9.47 Å². The molecule has 0 aromatic heterocycles. The van der Waals surface area contributed by atoms with Gasteiger partial charge in [0.05, 0.1) is 13.2 Å². The molecule has 6 N–H and O–H groups in total. The van der Waals surface area contributed by atoms with Crippen molar-refractivity contribution in [2.24, 2.45) is 0 Å². The Balaban J connectivity index is 1.69. The molecule has 0 spiro atoms. The van der Waals surface area contributed by atoms with Crippen LogP contribution in [0.2, 0.25) is 0 Å². The topological polar surface area (TPSA) is 141 Å². The van der Waals surface area contributed by atoms with Crippen LogP contribution in [0, 0.1) is 0 Å². The zero-order valence-electron chi connectivity index (χ0n) is 12.9. The van der Waals surface area contributed by atoms with Crippen molar-refractivity contribution in [2.45, 2.75) is 30.7 Å². The summed E-state index contributed by atoms with van der Waals surface area (Å²) in [7, 11) is 0. The van der Waals surface area contributed by atoms with E-state index in [4.69, 9.17) is 14.6 Å². The molecule has 1 aromatic rings. The summed E-state index contributed by atoms with van der Waals surface area (Å²) < 4.78 is 10.4. The van der Waals surface area contributed by atoms with Crippen LogP contribution in [0.25, 0.3) is 0 Å². The van der Waals surface area contributed by atoms with Crippen molar-refractivity contribution in [2.75, 3.05) is 19.8 Å². The SMILES string of the molecule is O=C(NNCCO[C@@H]1O[C@H](CO)[C@@H](O)[C@H](O)[C@H]1O)c1ccccc1. The van der Waals surface area contributed by atoms with Crippen LogP contribution < -0.4 is 10.9 Å². The second kappa shape index (κ2) is 9.04. The fraction of sp³-hybridized carbons (Fsp3) is 0.533. The van der Waals surface area contributed by atoms with Gasteiger partial charge < -0.3 is 29.9 Å². The third-order valence-electron chi connectivity index (χ3n) is 3.60. The summed E-state index contributed by atoms with van der Waals surface area (Å²) in [5.74, 6) is -0.302. The van der Waals surface area contributed by atoms with Gasteiger partial charge in [-0.2, -0.15) is 0 Å². The van der Waals surface area contributed by atoms with Crippen LogP contribution in [-0.4, -0.2) is 76.8 Å². The standard InChI is InChI=1S/C15H22N2O7/c18-8-10-11(19)12(20)13(21)15(24-10)23-7-6-16-17-14(22)9-4-2-1-3-5-9/h1-5,10-13,15-16,18-21H,6-8H2,(H,17,22)/t10-,11-,12+,13-,15-/m1/s1. The average molecular weight is 342 g/mol. The number of amides is 1. The van der Waals surface area contributed by atoms with Gasteiger partial charge in [0.25, 0.3) is 5.91 Å². The number of benzene rings is 1. The Kier molecular flexibility index (Phi) is 7.06. The Bertz CT molecular complexity index is 514. The maximum absolute atomic E-state index is 11.8. The highest BCUT2D eigenvalue weighted by molar-refractivity contribution is 5.93. The number of carbonyl (C=O) groups is 1. The summed E-state index contributed by atoms with van der Waals surface area (Å²) in [6.07, 6.45) is -6.55. The fourth-order valence-corrected chi connectivity index (χ4v) is 2.24. The highest BCUT2D eigenvalue weighted by Crippen LogP contribution is 2.21. The van der Waals surface area contributed by atoms with Gasteiger partial charge >= 0.3 is 0 Å². The fourth-order valence-electron chi connectivity index (χ4n) is 2.24. The lowest BCUT2D eigenvalue weighted by Crippen LogP contribution is -2.59. The number of rotatable bonds is 7. The molecule has 0 saturated carbocycles. The minimum absolute atomic E-state index is 0.0533. The summed E-state index contributed by atoms with van der Waals surface area (Å²) in [4.78, 5) is 11.8. The second-order valence-electron chi connectivity index (χ2n) is 5.31. The van der Waals surface area contributed by atoms with Gasteiger partial charge in [0.1, 0.15) is 24.4 Å². The molecule has 1 amide bonds. The third-order valence-corrected chi connectivity index (χ3v) is 3.60. The number of hydrogen-bond acceptors (Lipinski definition) is 8. The van der Waals surface area contributed by atoms with Crippen molar-refractivity contribution in [3.05, 3.63) is 35.9 Å². The lowest BCUT2D eigenvalue weighted by Gasteiger charge is -2.39. The molecule has 2 rings (SSSR count). The highest BCUT2D eigenvalue weighted by Gasteiger charge is 2.43. The van der Waals surface area contributed by atoms with Crippen LogP contribution in [0.1, 0.15) is 10.4 Å². The Hall–Kier alpha value is -1.59. The van der Waals surface area contributed by atoms with E-state index in [0.717, 1.165) is 0 Å². The quantitative estimate of drug-likeness (QED) is 0.241. The van der Waals surface area contributed by atoms with E-state index in [9.17, 15) is 20.1 Å². The number of carbonyl (C=O) groups excluding carboxylic acids is 1. The van der Waals surface area contributed by atoms with Gasteiger partial charge in [-0.05, 0) is 12.1 Å². The second-order valence-corrected chi connectivity index (χ2v) is 5.31. The van der Waals surface area contributed by atoms with Crippen LogP contribution in [0.3, 0.4) is 0 Å². The smallest absolute Gasteiger partial charge is 0.265 e. The maximum atomic E-state index is 11.8. The van der Waals surface area contributed by atoms with Gasteiger partial charge in [-0.3, -0.25) is 10.2 Å². The molecule has 1 aromatic carbocycles. The number of hydrazine groups is 1. The summed E-state index contributed by atoms with van der Waals surface area (Å²) >= 11 is 0. The van der Waals surface area contributed by atoms with Gasteiger partial charge in [-0.1, -0.05) is 18.2 Å². The minimum atomic E-state index is -1.48. The molecule has 0 unspecified atom stereocenters. The average Bonchev–Trinajstić information content (AvgIpc) is 2.61. The van der Waals surface area contributed by atoms with E-state index in [0.29, 0.717) is 5.56 Å². The molecule has 0 aliphatic carbocycles. The molecule has 24 heavy (non-hydrogen) atoms. The lowest BCUT2D eigenvalue weighted by molar-refractivity contribution is -0.300. The minimum Gasteiger partial charge on any atom is -0.394 e. The van der Waals surface area contributed by atoms with E-state index >= 15 is 0 Å². The van der Waals surface area contributed by atoms with Gasteiger partial charge in [-0.25, -0.2) is 5.43 Å². The summed E-state index contributed by atoms with van der Waals surface area (Å²) in [6.45, 7) is -0.248. The number of ether oxygens (including phenoxy) is 2. The zero-order valence-corrected chi connectivity index (χ0v) is 12.9. The zero-order chi connectivity index (χ0) is 17.5. The summed E-state index contributed by atoms with van der Waals surface area (Å²) in [6, 6.07) is 8.63. The molecular formula is C15H22N2O7. The van der Waals surface area contributed by atoms with Crippen molar-refractivity contribution >= 4 is 5.91 Å². The molecule has 0 radical (unpaired) electrons. The first-order valence-electron chi connectivity index (χ1n) is 7.55. The van der Waals surface area contributed by atoms with E-state index in [1.807, 2.05) is 0 Å². The largest absolute Gasteiger partial charge is 0.394 e. The van der Waals surface area contributed by atoms with E-state index in [-0.39, 0.29) is 19.1 Å². The number of aliphatic hydroxyl groups excluding tert-OH is 4. The Morgan fingerprint density at radius 2 is 1.83 bits per heavy atom. The van der Waals surface area contributed by atoms with E-state index in [1.165, 1.54) is 0 Å². The monoisotopic (exact) mass is 342 g/mol. The molecule has 1 aliphatic rings. The van der Waals surface area contributed by atoms with E-state index in [2.05, 4.69) is 10.9 Å². The number of nitrogens with one attached hydrogen (secondary N) is 2. The first kappa shape index (κ1) is 18.7. The Morgan fingerprint density at radius 3 is 2.50 bits per heavy atom. The van der Waals surface area contributed by atoms with Gasteiger partial charge in [0, 0.05) is 12.1 Å². The Labute approximate surface area is 138 Å². The molecule has 9 nitrogen and oxygen atoms in total. The number of aliphatic hydroxyl groups is 4. The van der Waals surface area contributed by atoms with Crippen LogP contribution in [0.5, 0.6) is 0 Å². The normalized spacial score (nSPS) is 30.1. The van der Waals surface area contributed by atoms with Crippen molar-refractivity contribution in [1.29, 1.82) is 0 Å². The number of hydrogen-bond donors (Lipinski definition) is 6. The third kappa shape index (κ3) is 4.71. The Morgan fingerprint density at radius 1 is 1.12 bits per heavy atom. The molecule has 134 valence electrons. The van der Waals surface area contributed by atoms with Crippen molar-refractivity contribution in [3.8, 4) is 0 Å². The predicted molar refractivity (Wildman–Crippen MR) is 81.6 cm³/mol. The van der Waals surface area contributed by atoms with Gasteiger partial charge in [0.15, 0.2) is 6.29 Å². The molecule has 1 aliphatic heterocycles. The molecule has 1 heterocycles. The summed E-state index contributed by atoms with van der Waals surface area (Å²) in [5.41, 5.74) is 5.64. The molecule has 1 fully saturated rings. The predicted octanol–water partition coefficient (Wildman–Crippen LogP) is -2.26. The van der Waals surface area contributed by atoms with E-state index < -0.39 is 37.3 Å². The van der Waals surface area contributed by atoms with Crippen LogP contribution in [0.15, 0.2) is 30.3 Å². The van der Waals surface area contributed by atoms with Crippen molar-refractivity contribution in [1.82, 2.24) is 10.9 Å². The van der Waals surface area contributed by atoms with Crippen LogP contribution >= 0.6 is 0 Å². The molecule has 1 saturated heterocycles. The maximum Gasteiger partial charge on any atom is 0.265 e. The van der Waals surface area contributed by atoms with E-state index in [1.54, 1.807) is 30.3 Å². The van der Waals surface area contributed by atoms with Crippen molar-refractivity contribution < 1.29 is 34.7 Å². The molecular weight excluding hydrogens is 320 g/mol. The first-order valence-corrected chi connectivity index (χ1v) is 7.55. The highest BCUT2D eigenvalue weighted by atomic mass is 16.7.